The monoisotopic (exact) mass is 398 g/mol. The van der Waals surface area contributed by atoms with Gasteiger partial charge in [0.05, 0.1) is 30.8 Å². The predicted octanol–water partition coefficient (Wildman–Crippen LogP) is 4.07. The molecule has 154 valence electrons. The van der Waals surface area contributed by atoms with Gasteiger partial charge in [0.15, 0.2) is 0 Å². The summed E-state index contributed by atoms with van der Waals surface area (Å²) in [6.07, 6.45) is -0.659. The highest BCUT2D eigenvalue weighted by molar-refractivity contribution is 6.01. The predicted molar refractivity (Wildman–Crippen MR) is 110 cm³/mol. The third kappa shape index (κ3) is 6.95. The first kappa shape index (κ1) is 21.9. The standard InChI is InChI=1S/C22H26N2O5/c1-22(2,3)29-21(27)24-18(15-10-6-5-7-11-15)14-19(25)23-17-13-9-8-12-16(17)20(26)28-4/h5-13,18H,14H2,1-4H3,(H,23,25)(H,24,27). The number of rotatable bonds is 6. The van der Waals surface area contributed by atoms with E-state index in [1.807, 2.05) is 30.3 Å². The molecule has 0 aliphatic carbocycles. The van der Waals surface area contributed by atoms with E-state index in [4.69, 9.17) is 9.47 Å². The first-order valence-electron chi connectivity index (χ1n) is 9.21. The van der Waals surface area contributed by atoms with E-state index < -0.39 is 23.7 Å². The van der Waals surface area contributed by atoms with Crippen LogP contribution >= 0.6 is 0 Å². The van der Waals surface area contributed by atoms with Crippen molar-refractivity contribution in [2.45, 2.75) is 38.8 Å². The molecular weight excluding hydrogens is 372 g/mol. The lowest BCUT2D eigenvalue weighted by molar-refractivity contribution is -0.116. The van der Waals surface area contributed by atoms with Crippen LogP contribution in [0, 0.1) is 0 Å². The van der Waals surface area contributed by atoms with Gasteiger partial charge in [-0.25, -0.2) is 9.59 Å². The van der Waals surface area contributed by atoms with E-state index in [0.717, 1.165) is 5.56 Å². The first-order chi connectivity index (χ1) is 13.7. The van der Waals surface area contributed by atoms with E-state index in [9.17, 15) is 14.4 Å². The highest BCUT2D eigenvalue weighted by Crippen LogP contribution is 2.21. The zero-order valence-corrected chi connectivity index (χ0v) is 17.0. The number of para-hydroxylation sites is 1. The highest BCUT2D eigenvalue weighted by Gasteiger charge is 2.23. The van der Waals surface area contributed by atoms with Crippen LogP contribution in [0.15, 0.2) is 54.6 Å². The number of amides is 2. The molecule has 0 fully saturated rings. The molecule has 0 bridgehead atoms. The van der Waals surface area contributed by atoms with Gasteiger partial charge in [0.25, 0.3) is 0 Å². The number of carbonyl (C=O) groups is 3. The van der Waals surface area contributed by atoms with E-state index in [0.29, 0.717) is 5.69 Å². The lowest BCUT2D eigenvalue weighted by Gasteiger charge is -2.24. The maximum atomic E-state index is 12.7. The van der Waals surface area contributed by atoms with Gasteiger partial charge < -0.3 is 20.1 Å². The summed E-state index contributed by atoms with van der Waals surface area (Å²) in [5, 5.41) is 5.46. The fraction of sp³-hybridized carbons (Fsp3) is 0.318. The normalized spacial score (nSPS) is 11.9. The van der Waals surface area contributed by atoms with Crippen molar-refractivity contribution in [2.24, 2.45) is 0 Å². The third-order valence-corrected chi connectivity index (χ3v) is 3.89. The minimum absolute atomic E-state index is 0.0429. The quantitative estimate of drug-likeness (QED) is 0.716. The summed E-state index contributed by atoms with van der Waals surface area (Å²) >= 11 is 0. The van der Waals surface area contributed by atoms with Crippen LogP contribution in [-0.2, 0) is 14.3 Å². The van der Waals surface area contributed by atoms with Crippen molar-refractivity contribution < 1.29 is 23.9 Å². The summed E-state index contributed by atoms with van der Waals surface area (Å²) < 4.78 is 10.1. The molecule has 1 unspecified atom stereocenters. The zero-order valence-electron chi connectivity index (χ0n) is 17.0. The smallest absolute Gasteiger partial charge is 0.408 e. The zero-order chi connectivity index (χ0) is 21.4. The molecule has 1 atom stereocenters. The minimum Gasteiger partial charge on any atom is -0.465 e. The Hall–Kier alpha value is -3.35. The van der Waals surface area contributed by atoms with E-state index in [2.05, 4.69) is 10.6 Å². The molecule has 0 radical (unpaired) electrons. The van der Waals surface area contributed by atoms with Crippen LogP contribution < -0.4 is 10.6 Å². The van der Waals surface area contributed by atoms with E-state index in [1.54, 1.807) is 45.0 Å². The van der Waals surface area contributed by atoms with Crippen LogP contribution in [0.2, 0.25) is 0 Å². The SMILES string of the molecule is COC(=O)c1ccccc1NC(=O)CC(NC(=O)OC(C)(C)C)c1ccccc1. The number of ether oxygens (including phenoxy) is 2. The largest absolute Gasteiger partial charge is 0.465 e. The maximum absolute atomic E-state index is 12.7. The topological polar surface area (TPSA) is 93.7 Å². The molecule has 2 aromatic carbocycles. The summed E-state index contributed by atoms with van der Waals surface area (Å²) in [6, 6.07) is 15.1. The van der Waals surface area contributed by atoms with Gasteiger partial charge in [0.2, 0.25) is 5.91 Å². The van der Waals surface area contributed by atoms with Gasteiger partial charge in [-0.1, -0.05) is 42.5 Å². The van der Waals surface area contributed by atoms with Gasteiger partial charge in [-0.3, -0.25) is 4.79 Å². The van der Waals surface area contributed by atoms with Crippen LogP contribution in [-0.4, -0.2) is 30.7 Å². The van der Waals surface area contributed by atoms with Crippen LogP contribution in [0.5, 0.6) is 0 Å². The number of benzene rings is 2. The Labute approximate surface area is 170 Å². The molecule has 0 saturated heterocycles. The van der Waals surface area contributed by atoms with Crippen molar-refractivity contribution in [1.82, 2.24) is 5.32 Å². The first-order valence-corrected chi connectivity index (χ1v) is 9.21. The number of esters is 1. The summed E-state index contributed by atoms with van der Waals surface area (Å²) in [4.78, 5) is 36.8. The van der Waals surface area contributed by atoms with Gasteiger partial charge in [-0.15, -0.1) is 0 Å². The van der Waals surface area contributed by atoms with Crippen molar-refractivity contribution in [3.8, 4) is 0 Å². The maximum Gasteiger partial charge on any atom is 0.408 e. The number of methoxy groups -OCH3 is 1. The van der Waals surface area contributed by atoms with E-state index in [1.165, 1.54) is 7.11 Å². The Morgan fingerprint density at radius 1 is 0.966 bits per heavy atom. The average Bonchev–Trinajstić information content (AvgIpc) is 2.66. The lowest BCUT2D eigenvalue weighted by Crippen LogP contribution is -2.36. The second kappa shape index (κ2) is 9.73. The van der Waals surface area contributed by atoms with Gasteiger partial charge in [-0.2, -0.15) is 0 Å². The molecule has 2 N–H and O–H groups in total. The number of carbonyl (C=O) groups excluding carboxylic acids is 3. The molecule has 29 heavy (non-hydrogen) atoms. The van der Waals surface area contributed by atoms with Crippen LogP contribution in [0.25, 0.3) is 0 Å². The average molecular weight is 398 g/mol. The van der Waals surface area contributed by atoms with Gasteiger partial charge in [-0.05, 0) is 38.5 Å². The van der Waals surface area contributed by atoms with Crippen molar-refractivity contribution in [3.63, 3.8) is 0 Å². The highest BCUT2D eigenvalue weighted by atomic mass is 16.6. The number of alkyl carbamates (subject to hydrolysis) is 1. The van der Waals surface area contributed by atoms with Crippen LogP contribution in [0.1, 0.15) is 49.2 Å². The number of nitrogens with one attached hydrogen (secondary N) is 2. The summed E-state index contributed by atoms with van der Waals surface area (Å²) in [5.41, 5.74) is 0.690. The molecule has 2 rings (SSSR count). The molecule has 7 heteroatoms. The van der Waals surface area contributed by atoms with Gasteiger partial charge in [0.1, 0.15) is 5.60 Å². The van der Waals surface area contributed by atoms with Gasteiger partial charge in [0, 0.05) is 0 Å². The molecule has 2 aromatic rings. The molecule has 0 saturated carbocycles. The molecule has 7 nitrogen and oxygen atoms in total. The Morgan fingerprint density at radius 2 is 1.59 bits per heavy atom. The van der Waals surface area contributed by atoms with E-state index >= 15 is 0 Å². The minimum atomic E-state index is -0.660. The Kier molecular flexibility index (Phi) is 7.36. The third-order valence-electron chi connectivity index (χ3n) is 3.89. The van der Waals surface area contributed by atoms with Gasteiger partial charge >= 0.3 is 12.1 Å². The lowest BCUT2D eigenvalue weighted by atomic mass is 10.0. The molecule has 0 aliphatic rings. The fourth-order valence-electron chi connectivity index (χ4n) is 2.65. The van der Waals surface area contributed by atoms with Crippen molar-refractivity contribution in [3.05, 3.63) is 65.7 Å². The summed E-state index contributed by atoms with van der Waals surface area (Å²) in [7, 11) is 1.27. The fourth-order valence-corrected chi connectivity index (χ4v) is 2.65. The summed E-state index contributed by atoms with van der Waals surface area (Å²) in [6.45, 7) is 5.29. The second-order valence-electron chi connectivity index (χ2n) is 7.40. The molecular formula is C22H26N2O5. The Morgan fingerprint density at radius 3 is 2.21 bits per heavy atom. The van der Waals surface area contributed by atoms with Crippen LogP contribution in [0.4, 0.5) is 10.5 Å². The number of anilines is 1. The number of hydrogen-bond acceptors (Lipinski definition) is 5. The molecule has 0 heterocycles. The molecule has 0 aromatic heterocycles. The Bertz CT molecular complexity index is 859. The second-order valence-corrected chi connectivity index (χ2v) is 7.40. The van der Waals surface area contributed by atoms with Crippen LogP contribution in [0.3, 0.4) is 0 Å². The van der Waals surface area contributed by atoms with Crippen molar-refractivity contribution >= 4 is 23.7 Å². The summed E-state index contributed by atoms with van der Waals surface area (Å²) in [5.74, 6) is -0.918. The van der Waals surface area contributed by atoms with Crippen molar-refractivity contribution in [2.75, 3.05) is 12.4 Å². The van der Waals surface area contributed by atoms with E-state index in [-0.39, 0.29) is 17.9 Å². The van der Waals surface area contributed by atoms with Crippen molar-refractivity contribution in [1.29, 1.82) is 0 Å². The molecule has 0 spiro atoms. The Balaban J connectivity index is 2.16. The molecule has 2 amide bonds. The molecule has 0 aliphatic heterocycles. The number of hydrogen-bond donors (Lipinski definition) is 2.